The molecule has 0 saturated carbocycles. The van der Waals surface area contributed by atoms with Crippen LogP contribution in [0.3, 0.4) is 0 Å². The van der Waals surface area contributed by atoms with E-state index in [0.717, 1.165) is 73.6 Å². The van der Waals surface area contributed by atoms with E-state index in [9.17, 15) is 0 Å². The first-order valence-electron chi connectivity index (χ1n) is 21.8. The Labute approximate surface area is 373 Å². The fraction of sp³-hybridized carbons (Fsp3) is 0.0339. The predicted molar refractivity (Wildman–Crippen MR) is 268 cm³/mol. The van der Waals surface area contributed by atoms with Crippen molar-refractivity contribution in [2.45, 2.75) is 12.8 Å². The van der Waals surface area contributed by atoms with Crippen LogP contribution in [0.1, 0.15) is 24.2 Å². The molecule has 9 aromatic carbocycles. The molecule has 4 nitrogen and oxygen atoms in total. The molecule has 0 atom stereocenters. The highest BCUT2D eigenvalue weighted by Crippen LogP contribution is 2.44. The number of aromatic nitrogens is 3. The van der Waals surface area contributed by atoms with E-state index in [0.29, 0.717) is 17.5 Å². The van der Waals surface area contributed by atoms with Gasteiger partial charge in [0.05, 0.1) is 0 Å². The van der Waals surface area contributed by atoms with Crippen molar-refractivity contribution >= 4 is 86.1 Å². The molecule has 0 bridgehead atoms. The van der Waals surface area contributed by atoms with Crippen LogP contribution in [-0.2, 0) is 0 Å². The second-order valence-corrected chi connectivity index (χ2v) is 17.7. The summed E-state index contributed by atoms with van der Waals surface area (Å²) >= 11 is 1.84. The third-order valence-electron chi connectivity index (χ3n) is 12.8. The van der Waals surface area contributed by atoms with Crippen LogP contribution in [0.5, 0.6) is 0 Å². The molecule has 1 aliphatic rings. The molecule has 300 valence electrons. The topological polar surface area (TPSA) is 51.8 Å². The quantitative estimate of drug-likeness (QED) is 0.167. The van der Waals surface area contributed by atoms with Crippen LogP contribution in [0.15, 0.2) is 205 Å². The van der Waals surface area contributed by atoms with Gasteiger partial charge in [0.2, 0.25) is 0 Å². The van der Waals surface area contributed by atoms with Gasteiger partial charge in [0.15, 0.2) is 17.5 Å². The number of para-hydroxylation sites is 1. The highest BCUT2D eigenvalue weighted by atomic mass is 32.1. The van der Waals surface area contributed by atoms with Crippen molar-refractivity contribution in [3.05, 3.63) is 212 Å². The van der Waals surface area contributed by atoms with E-state index in [2.05, 4.69) is 200 Å². The molecule has 0 N–H and O–H groups in total. The first kappa shape index (κ1) is 36.6. The molecule has 3 aromatic heterocycles. The molecule has 1 aliphatic carbocycles. The maximum atomic E-state index is 6.81. The van der Waals surface area contributed by atoms with Crippen LogP contribution in [-0.4, -0.2) is 15.0 Å². The lowest BCUT2D eigenvalue weighted by Gasteiger charge is -2.17. The summed E-state index contributed by atoms with van der Waals surface area (Å²) in [5.41, 5.74) is 11.6. The first-order valence-corrected chi connectivity index (χ1v) is 22.6. The second kappa shape index (κ2) is 14.8. The number of hydrogen-bond acceptors (Lipinski definition) is 5. The zero-order valence-electron chi connectivity index (χ0n) is 34.6. The molecular weight excluding hydrogens is 799 g/mol. The lowest BCUT2D eigenvalue weighted by Crippen LogP contribution is -2.04. The number of rotatable bonds is 6. The summed E-state index contributed by atoms with van der Waals surface area (Å²) in [7, 11) is 0. The molecule has 64 heavy (non-hydrogen) atoms. The van der Waals surface area contributed by atoms with Gasteiger partial charge in [-0.1, -0.05) is 152 Å². The summed E-state index contributed by atoms with van der Waals surface area (Å²) in [5.74, 6) is 1.95. The van der Waals surface area contributed by atoms with Gasteiger partial charge in [0, 0.05) is 53.2 Å². The largest absolute Gasteiger partial charge is 0.455 e. The van der Waals surface area contributed by atoms with Crippen molar-refractivity contribution in [2.24, 2.45) is 0 Å². The molecular formula is C59H37N3OS. The normalized spacial score (nSPS) is 13.1. The molecule has 3 heterocycles. The minimum Gasteiger partial charge on any atom is -0.455 e. The average molecular weight is 836 g/mol. The maximum Gasteiger partial charge on any atom is 0.164 e. The van der Waals surface area contributed by atoms with E-state index >= 15 is 0 Å². The van der Waals surface area contributed by atoms with Crippen molar-refractivity contribution < 1.29 is 4.42 Å². The Morgan fingerprint density at radius 3 is 1.83 bits per heavy atom. The van der Waals surface area contributed by atoms with Gasteiger partial charge in [-0.2, -0.15) is 0 Å². The average Bonchev–Trinajstić information content (AvgIpc) is 3.95. The van der Waals surface area contributed by atoms with E-state index in [1.165, 1.54) is 53.0 Å². The van der Waals surface area contributed by atoms with Gasteiger partial charge in [-0.15, -0.1) is 11.3 Å². The van der Waals surface area contributed by atoms with Crippen LogP contribution in [0.2, 0.25) is 0 Å². The van der Waals surface area contributed by atoms with E-state index in [1.807, 2.05) is 11.3 Å². The van der Waals surface area contributed by atoms with Crippen LogP contribution in [0.25, 0.3) is 120 Å². The van der Waals surface area contributed by atoms with Crippen molar-refractivity contribution in [3.63, 3.8) is 0 Å². The van der Waals surface area contributed by atoms with E-state index in [-0.39, 0.29) is 0 Å². The summed E-state index contributed by atoms with van der Waals surface area (Å²) in [4.78, 5) is 15.6. The molecule has 12 aromatic rings. The third-order valence-corrected chi connectivity index (χ3v) is 13.9. The van der Waals surface area contributed by atoms with Crippen molar-refractivity contribution in [1.82, 2.24) is 15.0 Å². The second-order valence-electron chi connectivity index (χ2n) is 16.6. The summed E-state index contributed by atoms with van der Waals surface area (Å²) in [6.45, 7) is 0. The van der Waals surface area contributed by atoms with E-state index < -0.39 is 0 Å². The summed E-state index contributed by atoms with van der Waals surface area (Å²) in [5, 5.41) is 9.59. The van der Waals surface area contributed by atoms with Gasteiger partial charge >= 0.3 is 0 Å². The monoisotopic (exact) mass is 835 g/mol. The van der Waals surface area contributed by atoms with E-state index in [4.69, 9.17) is 19.4 Å². The van der Waals surface area contributed by atoms with Crippen molar-refractivity contribution in [2.75, 3.05) is 0 Å². The van der Waals surface area contributed by atoms with Gasteiger partial charge in [0.1, 0.15) is 11.2 Å². The van der Waals surface area contributed by atoms with Crippen LogP contribution < -0.4 is 0 Å². The molecule has 0 unspecified atom stereocenters. The number of hydrogen-bond donors (Lipinski definition) is 0. The summed E-state index contributed by atoms with van der Waals surface area (Å²) in [6.07, 6.45) is 6.30. The lowest BCUT2D eigenvalue weighted by atomic mass is 9.89. The van der Waals surface area contributed by atoms with Crippen molar-refractivity contribution in [1.29, 1.82) is 0 Å². The minimum absolute atomic E-state index is 0.641. The van der Waals surface area contributed by atoms with Crippen LogP contribution in [0.4, 0.5) is 0 Å². The summed E-state index contributed by atoms with van der Waals surface area (Å²) < 4.78 is 9.40. The van der Waals surface area contributed by atoms with Crippen LogP contribution in [0, 0.1) is 0 Å². The van der Waals surface area contributed by atoms with E-state index in [1.54, 1.807) is 0 Å². The molecule has 5 heteroatoms. The fourth-order valence-electron chi connectivity index (χ4n) is 9.56. The number of benzene rings is 9. The zero-order valence-corrected chi connectivity index (χ0v) is 35.4. The summed E-state index contributed by atoms with van der Waals surface area (Å²) in [6, 6.07) is 67.0. The molecule has 0 amide bonds. The van der Waals surface area contributed by atoms with Crippen LogP contribution >= 0.6 is 11.3 Å². The fourth-order valence-corrected chi connectivity index (χ4v) is 10.6. The smallest absolute Gasteiger partial charge is 0.164 e. The lowest BCUT2D eigenvalue weighted by molar-refractivity contribution is 0.670. The Morgan fingerprint density at radius 2 is 1.02 bits per heavy atom. The Kier molecular flexibility index (Phi) is 8.49. The predicted octanol–water partition coefficient (Wildman–Crippen LogP) is 16.4. The molecule has 0 saturated heterocycles. The molecule has 0 spiro atoms. The number of allylic oxidation sites excluding steroid dienone is 4. The maximum absolute atomic E-state index is 6.81. The van der Waals surface area contributed by atoms with Gasteiger partial charge in [-0.25, -0.2) is 15.0 Å². The first-order chi connectivity index (χ1) is 31.7. The van der Waals surface area contributed by atoms with Gasteiger partial charge in [-0.05, 0) is 111 Å². The third kappa shape index (κ3) is 6.24. The highest BCUT2D eigenvalue weighted by molar-refractivity contribution is 7.25. The standard InChI is InChI=1S/C59H37N3OS/c1-3-12-40-32-42(26-22-36(40)10-1)38-20-24-39(25-21-38)57-60-58(62-59(61-57)46-27-23-37-11-2-4-13-41(37)33-46)45-15-9-14-43(34-45)47-29-30-48(56-55(47)50-17-5-7-18-52(50)63-56)44-28-31-54-51(35-44)49-16-6-8-19-53(49)64-54/h1-8,10-13,15-35H,9,14H2. The van der Waals surface area contributed by atoms with Gasteiger partial charge < -0.3 is 4.42 Å². The Hall–Kier alpha value is -7.99. The number of nitrogens with zero attached hydrogens (tertiary/aromatic N) is 3. The van der Waals surface area contributed by atoms with Gasteiger partial charge in [0.25, 0.3) is 0 Å². The number of thiophene rings is 1. The highest BCUT2D eigenvalue weighted by Gasteiger charge is 2.22. The number of furan rings is 1. The Bertz CT molecular complexity index is 3910. The molecule has 0 radical (unpaired) electrons. The van der Waals surface area contributed by atoms with Gasteiger partial charge in [-0.3, -0.25) is 0 Å². The van der Waals surface area contributed by atoms with Crippen molar-refractivity contribution in [3.8, 4) is 45.0 Å². The minimum atomic E-state index is 0.641. The zero-order chi connectivity index (χ0) is 42.1. The Balaban J connectivity index is 0.929. The Morgan fingerprint density at radius 1 is 0.422 bits per heavy atom. The molecule has 13 rings (SSSR count). The molecule has 0 fully saturated rings. The molecule has 0 aliphatic heterocycles. The SMILES string of the molecule is C1=C(c2nc(-c3ccc(-c4ccc5ccccc5c4)cc3)nc(-c3ccc4ccccc4c3)n2)C=C(c2ccc(-c3ccc4sc5ccccc5c4c3)c3oc4ccccc4c23)CC1. The number of fused-ring (bicyclic) bond motifs is 8.